The Labute approximate surface area is 218 Å². The van der Waals surface area contributed by atoms with E-state index in [2.05, 4.69) is 5.32 Å². The zero-order valence-corrected chi connectivity index (χ0v) is 21.4. The van der Waals surface area contributed by atoms with Gasteiger partial charge < -0.3 is 15.5 Å². The van der Waals surface area contributed by atoms with Gasteiger partial charge in [0.2, 0.25) is 0 Å². The Balaban J connectivity index is 1.59. The van der Waals surface area contributed by atoms with Crippen molar-refractivity contribution in [3.8, 4) is 0 Å². The van der Waals surface area contributed by atoms with Crippen LogP contribution in [0.15, 0.2) is 84.1 Å². The van der Waals surface area contributed by atoms with Gasteiger partial charge in [-0.3, -0.25) is 9.59 Å². The van der Waals surface area contributed by atoms with E-state index in [-0.39, 0.29) is 12.1 Å². The van der Waals surface area contributed by atoms with Gasteiger partial charge in [-0.2, -0.15) is 0 Å². The summed E-state index contributed by atoms with van der Waals surface area (Å²) in [7, 11) is 0. The van der Waals surface area contributed by atoms with Crippen LogP contribution in [0.2, 0.25) is 0 Å². The monoisotopic (exact) mass is 598 g/mol. The molecule has 0 spiro atoms. The van der Waals surface area contributed by atoms with E-state index < -0.39 is 38.4 Å². The van der Waals surface area contributed by atoms with E-state index in [1.54, 1.807) is 6.07 Å². The Morgan fingerprint density at radius 1 is 0.972 bits per heavy atom. The number of aliphatic carboxylic acids is 1. The molecule has 6 nitrogen and oxygen atoms in total. The number of benzene rings is 3. The lowest BCUT2D eigenvalue weighted by molar-refractivity contribution is -0.137. The van der Waals surface area contributed by atoms with Gasteiger partial charge in [0, 0.05) is 30.2 Å². The molecular weight excluding hydrogens is 574 g/mol. The highest BCUT2D eigenvalue weighted by Gasteiger charge is 2.19. The third-order valence-corrected chi connectivity index (χ3v) is 8.68. The first-order valence-electron chi connectivity index (χ1n) is 11.4. The maximum atomic E-state index is 13.2. The van der Waals surface area contributed by atoms with Gasteiger partial charge in [-0.15, -0.1) is 0 Å². The van der Waals surface area contributed by atoms with Gasteiger partial charge >= 0.3 is 5.97 Å². The highest BCUT2D eigenvalue weighted by Crippen LogP contribution is 2.34. The quantitative estimate of drug-likeness (QED) is 0.155. The molecule has 0 aliphatic carbocycles. The fourth-order valence-electron chi connectivity index (χ4n) is 3.71. The lowest BCUT2D eigenvalue weighted by Gasteiger charge is -2.18. The van der Waals surface area contributed by atoms with Crippen molar-refractivity contribution < 1.29 is 24.2 Å². The fraction of sp³-hybridized carbons (Fsp3) is 0.143. The number of aliphatic hydroxyl groups excluding tert-OH is 1. The van der Waals surface area contributed by atoms with Crippen molar-refractivity contribution in [3.63, 3.8) is 0 Å². The minimum Gasteiger partial charge on any atom is -0.513 e. The lowest BCUT2D eigenvalue weighted by Crippen LogP contribution is -2.22. The Morgan fingerprint density at radius 2 is 1.69 bits per heavy atom. The first-order chi connectivity index (χ1) is 17.4. The number of aliphatic imine (C=N–C) groups is 1. The van der Waals surface area contributed by atoms with Crippen LogP contribution in [0.1, 0.15) is 47.2 Å². The van der Waals surface area contributed by atoms with E-state index in [0.717, 1.165) is 39.6 Å². The van der Waals surface area contributed by atoms with Crippen LogP contribution in [0.25, 0.3) is 5.70 Å². The molecule has 0 aromatic heterocycles. The number of carbonyl (C=O) groups is 2. The van der Waals surface area contributed by atoms with E-state index in [1.807, 2.05) is 42.5 Å². The average molecular weight is 598 g/mol. The molecule has 1 aliphatic rings. The molecule has 3 aromatic rings. The van der Waals surface area contributed by atoms with E-state index in [1.165, 1.54) is 27.8 Å². The van der Waals surface area contributed by atoms with Gasteiger partial charge in [-0.1, -0.05) is 51.1 Å². The molecule has 184 valence electrons. The predicted molar refractivity (Wildman–Crippen MR) is 147 cm³/mol. The summed E-state index contributed by atoms with van der Waals surface area (Å²) in [6.45, 7) is 0. The van der Waals surface area contributed by atoms with Gasteiger partial charge in [-0.05, 0) is 61.7 Å². The van der Waals surface area contributed by atoms with Crippen molar-refractivity contribution in [1.82, 2.24) is 5.32 Å². The average Bonchev–Trinajstić information content (AvgIpc) is 2.89. The van der Waals surface area contributed by atoms with Crippen molar-refractivity contribution in [2.45, 2.75) is 25.7 Å². The number of unbranched alkanes of at least 4 members (excludes halogenated alkanes) is 1. The predicted octanol–water partition coefficient (Wildman–Crippen LogP) is 6.20. The zero-order chi connectivity index (χ0) is 25.5. The van der Waals surface area contributed by atoms with Gasteiger partial charge in [0.15, 0.2) is 0 Å². The third kappa shape index (κ3) is 6.31. The van der Waals surface area contributed by atoms with Crippen LogP contribution in [-0.2, 0) is 4.79 Å². The van der Waals surface area contributed by atoms with Crippen LogP contribution >= 0.6 is 20.7 Å². The van der Waals surface area contributed by atoms with Crippen LogP contribution < -0.4 is 5.32 Å². The minimum absolute atomic E-state index is 0.138. The smallest absolute Gasteiger partial charge is 0.303 e. The van der Waals surface area contributed by atoms with E-state index in [9.17, 15) is 19.1 Å². The summed E-state index contributed by atoms with van der Waals surface area (Å²) in [5.41, 5.74) is 3.86. The molecule has 0 atom stereocenters. The van der Waals surface area contributed by atoms with Crippen LogP contribution in [0.5, 0.6) is 0 Å². The topological polar surface area (TPSA) is 99.0 Å². The molecule has 1 aliphatic heterocycles. The van der Waals surface area contributed by atoms with Crippen molar-refractivity contribution in [2.75, 3.05) is 0 Å². The van der Waals surface area contributed by atoms with Gasteiger partial charge in [0.1, 0.15) is 12.1 Å². The normalized spacial score (nSPS) is 13.1. The lowest BCUT2D eigenvalue weighted by atomic mass is 10.0. The summed E-state index contributed by atoms with van der Waals surface area (Å²) >= 11 is -0.633. The van der Waals surface area contributed by atoms with Gasteiger partial charge in [0.25, 0.3) is 5.91 Å². The van der Waals surface area contributed by atoms with Crippen LogP contribution in [0, 0.1) is 9.39 Å². The second-order valence-corrected chi connectivity index (χ2v) is 11.1. The van der Waals surface area contributed by atoms with Crippen molar-refractivity contribution in [2.24, 2.45) is 4.99 Å². The van der Waals surface area contributed by atoms with Crippen molar-refractivity contribution >= 4 is 53.2 Å². The number of carboxylic acids is 1. The third-order valence-electron chi connectivity index (χ3n) is 5.53. The first kappa shape index (κ1) is 25.4. The number of carboxylic acid groups (broad SMARTS) is 1. The van der Waals surface area contributed by atoms with E-state index in [0.29, 0.717) is 17.5 Å². The largest absolute Gasteiger partial charge is 0.513 e. The molecule has 1 amide bonds. The molecule has 4 rings (SSSR count). The summed E-state index contributed by atoms with van der Waals surface area (Å²) in [6, 6.07) is 20.7. The second kappa shape index (κ2) is 11.9. The standard InChI is InChI=1S/C28H24FIN2O4/c29-21-13-10-18(11-14-21)25(17-33)32-28(36)20-12-15-24-23(16-20)30-22(8-4-5-9-26(34)35)27(31-24)19-6-2-1-3-7-19/h1-3,6-7,10-17,33H,4-5,8-9H2,(H,32,36)(H,34,35)/b25-17+. The summed E-state index contributed by atoms with van der Waals surface area (Å²) < 4.78 is 15.4. The molecule has 8 heteroatoms. The Morgan fingerprint density at radius 3 is 2.39 bits per heavy atom. The van der Waals surface area contributed by atoms with E-state index >= 15 is 0 Å². The van der Waals surface area contributed by atoms with Gasteiger partial charge in [-0.25, -0.2) is 9.38 Å². The summed E-state index contributed by atoms with van der Waals surface area (Å²) in [5.74, 6) is -1.60. The Bertz CT molecular complexity index is 1370. The number of halogens is 2. The van der Waals surface area contributed by atoms with Gasteiger partial charge in [0.05, 0.1) is 17.1 Å². The number of hydrogen-bond donors (Lipinski definition) is 3. The maximum absolute atomic E-state index is 13.2. The highest BCUT2D eigenvalue weighted by atomic mass is 127. The number of carbonyl (C=O) groups excluding carboxylic acids is 1. The number of nitrogens with one attached hydrogen (secondary N) is 1. The van der Waals surface area contributed by atoms with Crippen LogP contribution in [0.3, 0.4) is 0 Å². The summed E-state index contributed by atoms with van der Waals surface area (Å²) in [6.07, 6.45) is 3.03. The molecular formula is C28H24FIN2O4. The second-order valence-electron chi connectivity index (χ2n) is 8.10. The number of nitrogens with zero attached hydrogens (tertiary/aromatic N) is 1. The molecule has 0 saturated carbocycles. The van der Waals surface area contributed by atoms with Crippen molar-refractivity contribution in [3.05, 3.63) is 105 Å². The molecule has 3 N–H and O–H groups in total. The van der Waals surface area contributed by atoms with Crippen molar-refractivity contribution in [1.29, 1.82) is 0 Å². The molecule has 0 fully saturated rings. The zero-order valence-electron chi connectivity index (χ0n) is 19.2. The number of fused-ring (bicyclic) bond motifs is 1. The van der Waals surface area contributed by atoms with Crippen LogP contribution in [0.4, 0.5) is 10.1 Å². The number of hydrogen-bond acceptors (Lipinski definition) is 4. The highest BCUT2D eigenvalue weighted by molar-refractivity contribution is 14.2. The van der Waals surface area contributed by atoms with Crippen LogP contribution in [-0.4, -0.2) is 31.3 Å². The molecule has 3 aromatic carbocycles. The van der Waals surface area contributed by atoms with E-state index in [4.69, 9.17) is 10.1 Å². The summed E-state index contributed by atoms with van der Waals surface area (Å²) in [4.78, 5) is 28.8. The molecule has 0 bridgehead atoms. The Hall–Kier alpha value is -3.66. The molecule has 0 saturated heterocycles. The Kier molecular flexibility index (Phi) is 8.37. The summed E-state index contributed by atoms with van der Waals surface area (Å²) in [5, 5.41) is 21.3. The first-order valence-corrected chi connectivity index (χ1v) is 13.5. The molecule has 1 heterocycles. The fourth-order valence-corrected chi connectivity index (χ4v) is 6.81. The number of amides is 1. The molecule has 36 heavy (non-hydrogen) atoms. The maximum Gasteiger partial charge on any atom is 0.303 e. The SMILES string of the molecule is O=C(O)CCCCC1=Ic2cc(C(=O)N/C(=C/O)c3ccc(F)cc3)ccc2N=C1c1ccccc1. The molecule has 0 radical (unpaired) electrons. The number of rotatable bonds is 9. The molecule has 0 unspecified atom stereocenters. The minimum atomic E-state index is -0.798. The number of aliphatic hydroxyl groups is 1.